The number of hydrogen-bond acceptors (Lipinski definition) is 4. The van der Waals surface area contributed by atoms with Gasteiger partial charge in [-0.1, -0.05) is 62.0 Å². The second-order valence-corrected chi connectivity index (χ2v) is 10.6. The standard InChI is InChI=1S/C15H19Cl2NO.C15H21NO/c1-2-5-14(18-8-3-4-9-18)15(19)11-6-7-12(16)13(17)10-11;1-2-3-10-15(17)13-8-4-5-9-14(13)16-11-6-7-12-16/h6-7,10,14H,2-5,8-9H2,1H3;4-5,8-9H,2-3,6-7,10-12H2,1H3. The van der Waals surface area contributed by atoms with Crippen LogP contribution in [0.2, 0.25) is 10.0 Å². The van der Waals surface area contributed by atoms with E-state index in [1.165, 1.54) is 25.7 Å². The molecule has 4 rings (SSSR count). The highest BCUT2D eigenvalue weighted by Crippen LogP contribution is 2.27. The van der Waals surface area contributed by atoms with E-state index in [9.17, 15) is 9.59 Å². The van der Waals surface area contributed by atoms with Crippen molar-refractivity contribution in [2.45, 2.75) is 77.7 Å². The Labute approximate surface area is 227 Å². The number of rotatable bonds is 10. The summed E-state index contributed by atoms with van der Waals surface area (Å²) in [6.45, 7) is 8.48. The second-order valence-electron chi connectivity index (χ2n) is 9.78. The Bertz CT molecular complexity index is 998. The van der Waals surface area contributed by atoms with Crippen LogP contribution in [0.5, 0.6) is 0 Å². The highest BCUT2D eigenvalue weighted by molar-refractivity contribution is 6.42. The number of para-hydroxylation sites is 1. The van der Waals surface area contributed by atoms with Gasteiger partial charge in [0.25, 0.3) is 0 Å². The number of nitrogens with zero attached hydrogens (tertiary/aromatic N) is 2. The minimum atomic E-state index is -0.00950. The minimum absolute atomic E-state index is 0.00950. The van der Waals surface area contributed by atoms with Gasteiger partial charge in [-0.3, -0.25) is 14.5 Å². The third-order valence-electron chi connectivity index (χ3n) is 7.06. The fourth-order valence-corrected chi connectivity index (χ4v) is 5.36. The molecule has 2 aliphatic rings. The molecule has 0 aliphatic carbocycles. The fourth-order valence-electron chi connectivity index (χ4n) is 5.06. The van der Waals surface area contributed by atoms with Crippen LogP contribution >= 0.6 is 23.2 Å². The molecule has 2 heterocycles. The lowest BCUT2D eigenvalue weighted by Gasteiger charge is -2.26. The van der Waals surface area contributed by atoms with E-state index in [0.717, 1.165) is 63.1 Å². The molecule has 6 heteroatoms. The summed E-state index contributed by atoms with van der Waals surface area (Å²) in [7, 11) is 0. The zero-order valence-electron chi connectivity index (χ0n) is 21.8. The van der Waals surface area contributed by atoms with Gasteiger partial charge in [-0.15, -0.1) is 0 Å². The lowest BCUT2D eigenvalue weighted by atomic mass is 9.99. The second kappa shape index (κ2) is 14.8. The van der Waals surface area contributed by atoms with Crippen LogP contribution < -0.4 is 4.90 Å². The van der Waals surface area contributed by atoms with Crippen molar-refractivity contribution in [2.75, 3.05) is 31.1 Å². The van der Waals surface area contributed by atoms with Crippen molar-refractivity contribution in [3.05, 3.63) is 63.6 Å². The van der Waals surface area contributed by atoms with Gasteiger partial charge in [0.1, 0.15) is 0 Å². The largest absolute Gasteiger partial charge is 0.371 e. The Balaban J connectivity index is 0.000000202. The van der Waals surface area contributed by atoms with Crippen molar-refractivity contribution in [3.8, 4) is 0 Å². The summed E-state index contributed by atoms with van der Waals surface area (Å²) in [5.41, 5.74) is 2.73. The number of ketones is 2. The first kappa shape index (κ1) is 28.7. The van der Waals surface area contributed by atoms with Gasteiger partial charge in [-0.05, 0) is 81.9 Å². The molecule has 36 heavy (non-hydrogen) atoms. The Kier molecular flexibility index (Phi) is 11.8. The lowest BCUT2D eigenvalue weighted by molar-refractivity contribution is 0.0837. The first-order chi connectivity index (χ1) is 17.5. The van der Waals surface area contributed by atoms with Crippen LogP contribution in [-0.2, 0) is 0 Å². The van der Waals surface area contributed by atoms with E-state index >= 15 is 0 Å². The first-order valence-electron chi connectivity index (χ1n) is 13.6. The molecule has 1 unspecified atom stereocenters. The average Bonchev–Trinajstić information content (AvgIpc) is 3.62. The van der Waals surface area contributed by atoms with Crippen LogP contribution in [0.15, 0.2) is 42.5 Å². The number of halogens is 2. The van der Waals surface area contributed by atoms with Gasteiger partial charge in [0.2, 0.25) is 0 Å². The summed E-state index contributed by atoms with van der Waals surface area (Å²) >= 11 is 11.9. The maximum Gasteiger partial charge on any atom is 0.179 e. The smallest absolute Gasteiger partial charge is 0.179 e. The highest BCUT2D eigenvalue weighted by atomic mass is 35.5. The molecule has 0 spiro atoms. The van der Waals surface area contributed by atoms with Crippen LogP contribution in [0.3, 0.4) is 0 Å². The molecule has 2 fully saturated rings. The molecule has 4 nitrogen and oxygen atoms in total. The fraction of sp³-hybridized carbons (Fsp3) is 0.533. The summed E-state index contributed by atoms with van der Waals surface area (Å²) in [5, 5.41) is 0.940. The van der Waals surface area contributed by atoms with Crippen LogP contribution in [-0.4, -0.2) is 48.7 Å². The first-order valence-corrected chi connectivity index (χ1v) is 14.3. The molecular weight excluding hydrogens is 491 g/mol. The summed E-state index contributed by atoms with van der Waals surface area (Å²) in [4.78, 5) is 29.4. The normalized spacial score (nSPS) is 16.5. The Morgan fingerprint density at radius 2 is 1.53 bits per heavy atom. The monoisotopic (exact) mass is 530 g/mol. The number of unbranched alkanes of at least 4 members (excludes halogenated alkanes) is 1. The van der Waals surface area contributed by atoms with Crippen LogP contribution in [0.25, 0.3) is 0 Å². The van der Waals surface area contributed by atoms with Gasteiger partial charge >= 0.3 is 0 Å². The minimum Gasteiger partial charge on any atom is -0.371 e. The van der Waals surface area contributed by atoms with Crippen molar-refractivity contribution < 1.29 is 9.59 Å². The van der Waals surface area contributed by atoms with Crippen LogP contribution in [0, 0.1) is 0 Å². The van der Waals surface area contributed by atoms with Crippen molar-refractivity contribution in [1.82, 2.24) is 4.90 Å². The van der Waals surface area contributed by atoms with Crippen LogP contribution in [0.1, 0.15) is 92.4 Å². The Morgan fingerprint density at radius 3 is 2.17 bits per heavy atom. The van der Waals surface area contributed by atoms with E-state index < -0.39 is 0 Å². The van der Waals surface area contributed by atoms with E-state index in [2.05, 4.69) is 29.7 Å². The van der Waals surface area contributed by atoms with Gasteiger partial charge < -0.3 is 4.90 Å². The molecule has 2 aromatic carbocycles. The van der Waals surface area contributed by atoms with Crippen molar-refractivity contribution in [3.63, 3.8) is 0 Å². The number of likely N-dealkylation sites (tertiary alicyclic amines) is 1. The molecule has 1 atom stereocenters. The third kappa shape index (κ3) is 7.81. The van der Waals surface area contributed by atoms with Crippen molar-refractivity contribution >= 4 is 40.5 Å². The number of hydrogen-bond donors (Lipinski definition) is 0. The molecule has 0 N–H and O–H groups in total. The summed E-state index contributed by atoms with van der Waals surface area (Å²) in [6.07, 6.45) is 9.54. The molecule has 2 saturated heterocycles. The molecule has 0 amide bonds. The van der Waals surface area contributed by atoms with Gasteiger partial charge in [0.15, 0.2) is 11.6 Å². The van der Waals surface area contributed by atoms with Gasteiger partial charge in [-0.25, -0.2) is 0 Å². The number of Topliss-reactive ketones (excluding diaryl/α,β-unsaturated/α-hetero) is 2. The average molecular weight is 532 g/mol. The molecule has 0 radical (unpaired) electrons. The quantitative estimate of drug-likeness (QED) is 0.291. The molecule has 2 aliphatic heterocycles. The van der Waals surface area contributed by atoms with E-state index in [1.54, 1.807) is 18.2 Å². The highest BCUT2D eigenvalue weighted by Gasteiger charge is 2.28. The van der Waals surface area contributed by atoms with E-state index in [-0.39, 0.29) is 11.8 Å². The van der Waals surface area contributed by atoms with E-state index in [0.29, 0.717) is 27.8 Å². The zero-order chi connectivity index (χ0) is 25.9. The SMILES string of the molecule is CCCC(C(=O)c1ccc(Cl)c(Cl)c1)N1CCCC1.CCCCC(=O)c1ccccc1N1CCCC1. The van der Waals surface area contributed by atoms with Crippen molar-refractivity contribution in [1.29, 1.82) is 0 Å². The van der Waals surface area contributed by atoms with E-state index in [1.807, 2.05) is 18.2 Å². The maximum absolute atomic E-state index is 12.6. The summed E-state index contributed by atoms with van der Waals surface area (Å²) < 4.78 is 0. The Hall–Kier alpha value is -1.88. The molecule has 0 bridgehead atoms. The maximum atomic E-state index is 12.6. The topological polar surface area (TPSA) is 40.6 Å². The molecule has 196 valence electrons. The van der Waals surface area contributed by atoms with E-state index in [4.69, 9.17) is 23.2 Å². The molecular formula is C30H40Cl2N2O2. The molecule has 2 aromatic rings. The lowest BCUT2D eigenvalue weighted by Crippen LogP contribution is -2.39. The number of carbonyl (C=O) groups excluding carboxylic acids is 2. The molecule has 0 aromatic heterocycles. The van der Waals surface area contributed by atoms with Crippen LogP contribution in [0.4, 0.5) is 5.69 Å². The third-order valence-corrected chi connectivity index (χ3v) is 7.80. The van der Waals surface area contributed by atoms with Gasteiger partial charge in [0.05, 0.1) is 16.1 Å². The number of anilines is 1. The Morgan fingerprint density at radius 1 is 0.861 bits per heavy atom. The number of benzene rings is 2. The predicted octanol–water partition coefficient (Wildman–Crippen LogP) is 8.10. The molecule has 0 saturated carbocycles. The van der Waals surface area contributed by atoms with Gasteiger partial charge in [0, 0.05) is 36.3 Å². The number of carbonyl (C=O) groups is 2. The predicted molar refractivity (Wildman–Crippen MR) is 152 cm³/mol. The summed E-state index contributed by atoms with van der Waals surface area (Å²) in [5.74, 6) is 0.469. The van der Waals surface area contributed by atoms with Crippen molar-refractivity contribution in [2.24, 2.45) is 0 Å². The van der Waals surface area contributed by atoms with Gasteiger partial charge in [-0.2, -0.15) is 0 Å². The zero-order valence-corrected chi connectivity index (χ0v) is 23.3. The summed E-state index contributed by atoms with van der Waals surface area (Å²) in [6, 6.07) is 13.2.